The number of hydrogen-bond donors (Lipinski definition) is 0. The van der Waals surface area contributed by atoms with Gasteiger partial charge in [0.15, 0.2) is 11.6 Å². The van der Waals surface area contributed by atoms with E-state index in [0.29, 0.717) is 5.39 Å². The van der Waals surface area contributed by atoms with E-state index in [2.05, 4.69) is 0 Å². The smallest absolute Gasteiger partial charge is 0.258 e. The molecule has 0 aliphatic rings. The van der Waals surface area contributed by atoms with E-state index in [-0.39, 0.29) is 16.4 Å². The SMILES string of the molecule is Cn1cc(C(C)(C)C)c2cc(F)c(F)cc2c1=O. The second kappa shape index (κ2) is 3.90. The molecule has 0 atom stereocenters. The summed E-state index contributed by atoms with van der Waals surface area (Å²) in [5.74, 6) is -1.92. The van der Waals surface area contributed by atoms with Crippen LogP contribution < -0.4 is 5.56 Å². The maximum atomic E-state index is 13.4. The van der Waals surface area contributed by atoms with Crippen LogP contribution in [0.25, 0.3) is 10.8 Å². The predicted molar refractivity (Wildman–Crippen MR) is 67.8 cm³/mol. The lowest BCUT2D eigenvalue weighted by molar-refractivity contribution is 0.510. The molecule has 2 aromatic rings. The van der Waals surface area contributed by atoms with Gasteiger partial charge in [-0.2, -0.15) is 0 Å². The van der Waals surface area contributed by atoms with Crippen molar-refractivity contribution >= 4 is 10.8 Å². The van der Waals surface area contributed by atoms with Crippen molar-refractivity contribution in [2.24, 2.45) is 7.05 Å². The average Bonchev–Trinajstić information content (AvgIpc) is 2.25. The van der Waals surface area contributed by atoms with E-state index in [1.165, 1.54) is 4.57 Å². The lowest BCUT2D eigenvalue weighted by atomic mass is 9.85. The third-order valence-electron chi connectivity index (χ3n) is 3.03. The molecule has 0 bridgehead atoms. The first kappa shape index (κ1) is 12.7. The van der Waals surface area contributed by atoms with Gasteiger partial charge in [0.25, 0.3) is 5.56 Å². The molecule has 0 unspecified atom stereocenters. The number of halogens is 2. The van der Waals surface area contributed by atoms with Crippen LogP contribution in [0.1, 0.15) is 26.3 Å². The Balaban J connectivity index is 3.02. The van der Waals surface area contributed by atoms with Gasteiger partial charge in [-0.1, -0.05) is 20.8 Å². The zero-order valence-electron chi connectivity index (χ0n) is 10.8. The Kier molecular flexibility index (Phi) is 2.76. The second-order valence-electron chi connectivity index (χ2n) is 5.52. The summed E-state index contributed by atoms with van der Waals surface area (Å²) in [7, 11) is 1.61. The number of pyridine rings is 1. The summed E-state index contributed by atoms with van der Waals surface area (Å²) in [6, 6.07) is 2.08. The number of benzene rings is 1. The Morgan fingerprint density at radius 3 is 2.06 bits per heavy atom. The molecule has 2 nitrogen and oxygen atoms in total. The van der Waals surface area contributed by atoms with Gasteiger partial charge in [-0.15, -0.1) is 0 Å². The van der Waals surface area contributed by atoms with Crippen LogP contribution in [0.5, 0.6) is 0 Å². The molecule has 0 saturated heterocycles. The number of aromatic nitrogens is 1. The van der Waals surface area contributed by atoms with E-state index in [0.717, 1.165) is 17.7 Å². The van der Waals surface area contributed by atoms with Crippen LogP contribution in [0.15, 0.2) is 23.1 Å². The lowest BCUT2D eigenvalue weighted by Gasteiger charge is -2.22. The van der Waals surface area contributed by atoms with Crippen molar-refractivity contribution in [3.8, 4) is 0 Å². The summed E-state index contributed by atoms with van der Waals surface area (Å²) >= 11 is 0. The Morgan fingerprint density at radius 1 is 1.06 bits per heavy atom. The molecule has 4 heteroatoms. The molecule has 1 aromatic heterocycles. The van der Waals surface area contributed by atoms with Crippen LogP contribution in [-0.2, 0) is 12.5 Å². The van der Waals surface area contributed by atoms with E-state index in [9.17, 15) is 13.6 Å². The highest BCUT2D eigenvalue weighted by Gasteiger charge is 2.20. The Morgan fingerprint density at radius 2 is 1.56 bits per heavy atom. The highest BCUT2D eigenvalue weighted by molar-refractivity contribution is 5.85. The van der Waals surface area contributed by atoms with Gasteiger partial charge in [0, 0.05) is 13.2 Å². The topological polar surface area (TPSA) is 22.0 Å². The van der Waals surface area contributed by atoms with Gasteiger partial charge in [-0.05, 0) is 28.5 Å². The number of aryl methyl sites for hydroxylation is 1. The summed E-state index contributed by atoms with van der Waals surface area (Å²) in [5, 5.41) is 0.688. The quantitative estimate of drug-likeness (QED) is 0.705. The minimum Gasteiger partial charge on any atom is -0.318 e. The van der Waals surface area contributed by atoms with Gasteiger partial charge >= 0.3 is 0 Å². The van der Waals surface area contributed by atoms with Crippen molar-refractivity contribution < 1.29 is 8.78 Å². The van der Waals surface area contributed by atoms with Crippen molar-refractivity contribution in [1.82, 2.24) is 4.57 Å². The van der Waals surface area contributed by atoms with Crippen molar-refractivity contribution in [1.29, 1.82) is 0 Å². The van der Waals surface area contributed by atoms with E-state index in [1.54, 1.807) is 13.2 Å². The number of nitrogens with zero attached hydrogens (tertiary/aromatic N) is 1. The summed E-state index contributed by atoms with van der Waals surface area (Å²) in [4.78, 5) is 11.9. The zero-order chi connectivity index (χ0) is 13.7. The molecular formula is C14H15F2NO. The molecule has 1 aromatic carbocycles. The van der Waals surface area contributed by atoms with Crippen LogP contribution in [-0.4, -0.2) is 4.57 Å². The van der Waals surface area contributed by atoms with Gasteiger partial charge in [-0.3, -0.25) is 4.79 Å². The highest BCUT2D eigenvalue weighted by atomic mass is 19.2. The van der Waals surface area contributed by atoms with Crippen molar-refractivity contribution in [3.05, 3.63) is 45.9 Å². The molecule has 0 amide bonds. The number of rotatable bonds is 0. The van der Waals surface area contributed by atoms with Crippen molar-refractivity contribution in [2.75, 3.05) is 0 Å². The average molecular weight is 251 g/mol. The summed E-state index contributed by atoms with van der Waals surface area (Å²) in [5.41, 5.74) is 0.240. The molecule has 0 aliphatic carbocycles. The zero-order valence-corrected chi connectivity index (χ0v) is 10.8. The van der Waals surface area contributed by atoms with Crippen LogP contribution >= 0.6 is 0 Å². The fraction of sp³-hybridized carbons (Fsp3) is 0.357. The highest BCUT2D eigenvalue weighted by Crippen LogP contribution is 2.29. The van der Waals surface area contributed by atoms with Gasteiger partial charge < -0.3 is 4.57 Å². The molecule has 0 radical (unpaired) electrons. The van der Waals surface area contributed by atoms with Gasteiger partial charge in [0.05, 0.1) is 5.39 Å². The molecule has 0 aliphatic heterocycles. The van der Waals surface area contributed by atoms with E-state index in [4.69, 9.17) is 0 Å². The largest absolute Gasteiger partial charge is 0.318 e. The van der Waals surface area contributed by atoms with Crippen LogP contribution in [0.4, 0.5) is 8.78 Å². The molecule has 0 fully saturated rings. The first-order chi connectivity index (χ1) is 8.21. The molecule has 18 heavy (non-hydrogen) atoms. The van der Waals surface area contributed by atoms with Crippen molar-refractivity contribution in [3.63, 3.8) is 0 Å². The van der Waals surface area contributed by atoms with E-state index >= 15 is 0 Å². The predicted octanol–water partition coefficient (Wildman–Crippen LogP) is 3.11. The minimum absolute atomic E-state index is 0.212. The van der Waals surface area contributed by atoms with E-state index in [1.807, 2.05) is 20.8 Å². The van der Waals surface area contributed by atoms with E-state index < -0.39 is 11.6 Å². The molecule has 2 rings (SSSR count). The Bertz CT molecular complexity index is 681. The van der Waals surface area contributed by atoms with Gasteiger partial charge in [-0.25, -0.2) is 8.78 Å². The maximum Gasteiger partial charge on any atom is 0.258 e. The third kappa shape index (κ3) is 1.92. The first-order valence-corrected chi connectivity index (χ1v) is 5.70. The summed E-state index contributed by atoms with van der Waals surface area (Å²) in [6.45, 7) is 5.90. The summed E-state index contributed by atoms with van der Waals surface area (Å²) in [6.07, 6.45) is 1.68. The Labute approximate surface area is 104 Å². The first-order valence-electron chi connectivity index (χ1n) is 5.70. The van der Waals surface area contributed by atoms with Crippen LogP contribution in [0, 0.1) is 11.6 Å². The molecule has 1 heterocycles. The van der Waals surface area contributed by atoms with Crippen molar-refractivity contribution in [2.45, 2.75) is 26.2 Å². The fourth-order valence-electron chi connectivity index (χ4n) is 2.06. The number of fused-ring (bicyclic) bond motifs is 1. The molecular weight excluding hydrogens is 236 g/mol. The minimum atomic E-state index is -0.995. The number of hydrogen-bond acceptors (Lipinski definition) is 1. The lowest BCUT2D eigenvalue weighted by Crippen LogP contribution is -2.22. The monoisotopic (exact) mass is 251 g/mol. The van der Waals surface area contributed by atoms with Gasteiger partial charge in [0.1, 0.15) is 0 Å². The second-order valence-corrected chi connectivity index (χ2v) is 5.52. The standard InChI is InChI=1S/C14H15F2NO/c1-14(2,3)10-7-17(4)13(18)9-6-12(16)11(15)5-8(9)10/h5-7H,1-4H3. The molecule has 0 N–H and O–H groups in total. The normalized spacial score (nSPS) is 12.1. The Hall–Kier alpha value is -1.71. The molecule has 0 saturated carbocycles. The molecule has 96 valence electrons. The maximum absolute atomic E-state index is 13.4. The summed E-state index contributed by atoms with van der Waals surface area (Å²) < 4.78 is 28.0. The van der Waals surface area contributed by atoms with Crippen LogP contribution in [0.2, 0.25) is 0 Å². The molecule has 0 spiro atoms. The van der Waals surface area contributed by atoms with Gasteiger partial charge in [0.2, 0.25) is 0 Å². The third-order valence-corrected chi connectivity index (χ3v) is 3.03. The fourth-order valence-corrected chi connectivity index (χ4v) is 2.06. The van der Waals surface area contributed by atoms with Crippen LogP contribution in [0.3, 0.4) is 0 Å².